The van der Waals surface area contributed by atoms with Crippen LogP contribution in [0.25, 0.3) is 11.1 Å². The molecule has 1 atom stereocenters. The van der Waals surface area contributed by atoms with Crippen LogP contribution in [0.15, 0.2) is 47.0 Å². The molecule has 102 valence electrons. The number of fused-ring (bicyclic) bond motifs is 1. The molecule has 1 unspecified atom stereocenters. The number of hydrogen-bond donors (Lipinski definition) is 1. The SMILES string of the molecule is CCc1nc2cc(NC(C)c3ccccn3)ccc2o1. The summed E-state index contributed by atoms with van der Waals surface area (Å²) in [5.41, 5.74) is 3.76. The molecule has 0 spiro atoms. The molecule has 0 saturated carbocycles. The Kier molecular flexibility index (Phi) is 3.37. The highest BCUT2D eigenvalue weighted by atomic mass is 16.3. The van der Waals surface area contributed by atoms with Gasteiger partial charge in [-0.3, -0.25) is 4.98 Å². The van der Waals surface area contributed by atoms with Gasteiger partial charge in [0.05, 0.1) is 11.7 Å². The molecule has 1 aromatic carbocycles. The highest BCUT2D eigenvalue weighted by molar-refractivity contribution is 5.77. The number of oxazole rings is 1. The number of anilines is 1. The van der Waals surface area contributed by atoms with Crippen LogP contribution in [0, 0.1) is 0 Å². The zero-order chi connectivity index (χ0) is 13.9. The van der Waals surface area contributed by atoms with Crippen molar-refractivity contribution in [2.24, 2.45) is 0 Å². The molecule has 2 heterocycles. The molecule has 2 aromatic heterocycles. The fourth-order valence-electron chi connectivity index (χ4n) is 2.17. The van der Waals surface area contributed by atoms with E-state index in [1.807, 2.05) is 49.5 Å². The lowest BCUT2D eigenvalue weighted by molar-refractivity contribution is 0.538. The predicted molar refractivity (Wildman–Crippen MR) is 79.7 cm³/mol. The van der Waals surface area contributed by atoms with Gasteiger partial charge >= 0.3 is 0 Å². The summed E-state index contributed by atoms with van der Waals surface area (Å²) >= 11 is 0. The highest BCUT2D eigenvalue weighted by Gasteiger charge is 2.08. The topological polar surface area (TPSA) is 51.0 Å². The smallest absolute Gasteiger partial charge is 0.195 e. The largest absolute Gasteiger partial charge is 0.441 e. The van der Waals surface area contributed by atoms with Crippen LogP contribution in [0.1, 0.15) is 31.5 Å². The molecule has 4 nitrogen and oxygen atoms in total. The average molecular weight is 267 g/mol. The molecule has 3 rings (SSSR count). The fourth-order valence-corrected chi connectivity index (χ4v) is 2.17. The van der Waals surface area contributed by atoms with E-state index >= 15 is 0 Å². The molecule has 20 heavy (non-hydrogen) atoms. The molecule has 3 aromatic rings. The molecule has 0 aliphatic rings. The molecule has 0 fully saturated rings. The number of nitrogens with zero attached hydrogens (tertiary/aromatic N) is 2. The summed E-state index contributed by atoms with van der Waals surface area (Å²) in [4.78, 5) is 8.81. The summed E-state index contributed by atoms with van der Waals surface area (Å²) in [5, 5.41) is 3.43. The summed E-state index contributed by atoms with van der Waals surface area (Å²) in [7, 11) is 0. The Morgan fingerprint density at radius 3 is 2.90 bits per heavy atom. The maximum Gasteiger partial charge on any atom is 0.195 e. The quantitative estimate of drug-likeness (QED) is 0.777. The van der Waals surface area contributed by atoms with Crippen molar-refractivity contribution in [1.29, 1.82) is 0 Å². The van der Waals surface area contributed by atoms with Gasteiger partial charge in [0.2, 0.25) is 0 Å². The summed E-state index contributed by atoms with van der Waals surface area (Å²) in [6, 6.07) is 12.0. The van der Waals surface area contributed by atoms with Gasteiger partial charge in [-0.2, -0.15) is 0 Å². The van der Waals surface area contributed by atoms with Crippen LogP contribution < -0.4 is 5.32 Å². The predicted octanol–water partition coefficient (Wildman–Crippen LogP) is 3.96. The minimum Gasteiger partial charge on any atom is -0.441 e. The summed E-state index contributed by atoms with van der Waals surface area (Å²) < 4.78 is 5.61. The molecule has 0 amide bonds. The first-order chi connectivity index (χ1) is 9.76. The molecule has 0 bridgehead atoms. The van der Waals surface area contributed by atoms with Gasteiger partial charge in [0.25, 0.3) is 0 Å². The molecule has 1 N–H and O–H groups in total. The third kappa shape index (κ3) is 2.50. The number of rotatable bonds is 4. The fraction of sp³-hybridized carbons (Fsp3) is 0.250. The first-order valence-corrected chi connectivity index (χ1v) is 6.83. The first kappa shape index (κ1) is 12.7. The van der Waals surface area contributed by atoms with Gasteiger partial charge in [0.1, 0.15) is 5.52 Å². The third-order valence-electron chi connectivity index (χ3n) is 3.25. The van der Waals surface area contributed by atoms with Crippen molar-refractivity contribution in [3.8, 4) is 0 Å². The maximum absolute atomic E-state index is 5.61. The van der Waals surface area contributed by atoms with E-state index in [1.54, 1.807) is 0 Å². The molecular formula is C16H17N3O. The van der Waals surface area contributed by atoms with Crippen molar-refractivity contribution < 1.29 is 4.42 Å². The van der Waals surface area contributed by atoms with E-state index < -0.39 is 0 Å². The zero-order valence-corrected chi connectivity index (χ0v) is 11.6. The minimum absolute atomic E-state index is 0.145. The molecule has 0 aliphatic heterocycles. The Balaban J connectivity index is 1.83. The lowest BCUT2D eigenvalue weighted by Gasteiger charge is -2.14. The van der Waals surface area contributed by atoms with Crippen LogP contribution in [-0.2, 0) is 6.42 Å². The standard InChI is InChI=1S/C16H17N3O/c1-3-16-19-14-10-12(7-8-15(14)20-16)18-11(2)13-6-4-5-9-17-13/h4-11,18H,3H2,1-2H3. The highest BCUT2D eigenvalue weighted by Crippen LogP contribution is 2.23. The third-order valence-corrected chi connectivity index (χ3v) is 3.25. The van der Waals surface area contributed by atoms with Crippen molar-refractivity contribution >= 4 is 16.8 Å². The van der Waals surface area contributed by atoms with E-state index in [0.29, 0.717) is 0 Å². The van der Waals surface area contributed by atoms with Crippen LogP contribution >= 0.6 is 0 Å². The maximum atomic E-state index is 5.61. The summed E-state index contributed by atoms with van der Waals surface area (Å²) in [5.74, 6) is 0.773. The second-order valence-electron chi connectivity index (χ2n) is 4.76. The van der Waals surface area contributed by atoms with Gasteiger partial charge in [-0.05, 0) is 37.3 Å². The zero-order valence-electron chi connectivity index (χ0n) is 11.6. The van der Waals surface area contributed by atoms with E-state index in [2.05, 4.69) is 22.2 Å². The normalized spacial score (nSPS) is 12.5. The molecule has 0 aliphatic carbocycles. The minimum atomic E-state index is 0.145. The Morgan fingerprint density at radius 1 is 1.25 bits per heavy atom. The van der Waals surface area contributed by atoms with Crippen molar-refractivity contribution in [1.82, 2.24) is 9.97 Å². The molecule has 0 radical (unpaired) electrons. The second kappa shape index (κ2) is 5.33. The van der Waals surface area contributed by atoms with Crippen molar-refractivity contribution in [3.63, 3.8) is 0 Å². The first-order valence-electron chi connectivity index (χ1n) is 6.83. The molecular weight excluding hydrogens is 250 g/mol. The Bertz CT molecular complexity index is 706. The second-order valence-corrected chi connectivity index (χ2v) is 4.76. The molecule has 4 heteroatoms. The van der Waals surface area contributed by atoms with Gasteiger partial charge < -0.3 is 9.73 Å². The van der Waals surface area contributed by atoms with Crippen LogP contribution in [-0.4, -0.2) is 9.97 Å². The number of aryl methyl sites for hydroxylation is 1. The van der Waals surface area contributed by atoms with E-state index in [1.165, 1.54) is 0 Å². The van der Waals surface area contributed by atoms with Gasteiger partial charge in [0, 0.05) is 18.3 Å². The summed E-state index contributed by atoms with van der Waals surface area (Å²) in [6.07, 6.45) is 2.61. The van der Waals surface area contributed by atoms with Crippen LogP contribution in [0.3, 0.4) is 0 Å². The number of nitrogens with one attached hydrogen (secondary N) is 1. The van der Waals surface area contributed by atoms with E-state index in [0.717, 1.165) is 34.8 Å². The number of pyridine rings is 1. The lowest BCUT2D eigenvalue weighted by Crippen LogP contribution is -2.07. The number of benzene rings is 1. The molecule has 0 saturated heterocycles. The van der Waals surface area contributed by atoms with Gasteiger partial charge in [-0.15, -0.1) is 0 Å². The lowest BCUT2D eigenvalue weighted by atomic mass is 10.2. The van der Waals surface area contributed by atoms with Crippen molar-refractivity contribution in [3.05, 3.63) is 54.2 Å². The Hall–Kier alpha value is -2.36. The van der Waals surface area contributed by atoms with Crippen molar-refractivity contribution in [2.45, 2.75) is 26.3 Å². The van der Waals surface area contributed by atoms with Gasteiger partial charge in [-0.1, -0.05) is 13.0 Å². The summed E-state index contributed by atoms with van der Waals surface area (Å²) in [6.45, 7) is 4.12. The monoisotopic (exact) mass is 267 g/mol. The van der Waals surface area contributed by atoms with E-state index in [9.17, 15) is 0 Å². The Labute approximate surface area is 117 Å². The van der Waals surface area contributed by atoms with Crippen LogP contribution in [0.4, 0.5) is 5.69 Å². The van der Waals surface area contributed by atoms with Crippen molar-refractivity contribution in [2.75, 3.05) is 5.32 Å². The number of aromatic nitrogens is 2. The van der Waals surface area contributed by atoms with E-state index in [4.69, 9.17) is 4.42 Å². The van der Waals surface area contributed by atoms with E-state index in [-0.39, 0.29) is 6.04 Å². The van der Waals surface area contributed by atoms with Crippen LogP contribution in [0.2, 0.25) is 0 Å². The average Bonchev–Trinajstić information content (AvgIpc) is 2.90. The number of hydrogen-bond acceptors (Lipinski definition) is 4. The van der Waals surface area contributed by atoms with Crippen LogP contribution in [0.5, 0.6) is 0 Å². The Morgan fingerprint density at radius 2 is 2.15 bits per heavy atom. The van der Waals surface area contributed by atoms with Gasteiger partial charge in [-0.25, -0.2) is 4.98 Å². The van der Waals surface area contributed by atoms with Gasteiger partial charge in [0.15, 0.2) is 11.5 Å².